The third-order valence-corrected chi connectivity index (χ3v) is 6.65. The van der Waals surface area contributed by atoms with Crippen LogP contribution in [-0.4, -0.2) is 61.2 Å². The van der Waals surface area contributed by atoms with Crippen LogP contribution in [0.15, 0.2) is 29.2 Å². The van der Waals surface area contributed by atoms with Crippen LogP contribution >= 0.6 is 12.4 Å². The number of hydrogen-bond acceptors (Lipinski definition) is 6. The number of nitrogens with two attached hydrogens (primary N) is 1. The molecule has 1 fully saturated rings. The van der Waals surface area contributed by atoms with Gasteiger partial charge in [0.05, 0.1) is 15.7 Å². The van der Waals surface area contributed by atoms with Gasteiger partial charge in [-0.1, -0.05) is 0 Å². The molecule has 0 saturated carbocycles. The van der Waals surface area contributed by atoms with Crippen molar-refractivity contribution in [2.24, 2.45) is 11.7 Å². The first kappa shape index (κ1) is 23.3. The minimum Gasteiger partial charge on any atom is -0.342 e. The molecule has 1 heterocycles. The summed E-state index contributed by atoms with van der Waals surface area (Å²) in [5.74, 6) is -0.540. The van der Waals surface area contributed by atoms with Crippen LogP contribution in [0.2, 0.25) is 0 Å². The van der Waals surface area contributed by atoms with E-state index in [4.69, 9.17) is 5.73 Å². The average Bonchev–Trinajstić information content (AvgIpc) is 2.66. The smallest absolute Gasteiger partial charge is 0.269 e. The van der Waals surface area contributed by atoms with E-state index in [1.807, 2.05) is 6.92 Å². The van der Waals surface area contributed by atoms with E-state index in [1.54, 1.807) is 11.9 Å². The normalized spacial score (nSPS) is 19.0. The first-order valence-electron chi connectivity index (χ1n) is 8.39. The van der Waals surface area contributed by atoms with E-state index in [9.17, 15) is 23.3 Å². The summed E-state index contributed by atoms with van der Waals surface area (Å²) in [6.07, 6.45) is 1.19. The van der Waals surface area contributed by atoms with Gasteiger partial charge >= 0.3 is 0 Å². The molecule has 11 heteroatoms. The number of carbonyl (C=O) groups excluding carboxylic acids is 1. The number of nitrogens with zero attached hydrogens (tertiary/aromatic N) is 3. The molecule has 0 spiro atoms. The molecule has 0 aromatic heterocycles. The highest BCUT2D eigenvalue weighted by Crippen LogP contribution is 2.26. The standard InChI is InChI=1S/C16H24N4O5S.ClH/c1-12(10-17)18(2)16(21)13-4-3-9-19(11-13)26(24,25)15-7-5-14(6-8-15)20(22)23;/h5-8,12-13H,3-4,9-11,17H2,1-2H3;1H. The van der Waals surface area contributed by atoms with Gasteiger partial charge in [0, 0.05) is 44.9 Å². The highest BCUT2D eigenvalue weighted by molar-refractivity contribution is 7.89. The second kappa shape index (κ2) is 9.45. The second-order valence-electron chi connectivity index (χ2n) is 6.49. The molecular weight excluding hydrogens is 396 g/mol. The van der Waals surface area contributed by atoms with Crippen molar-refractivity contribution in [1.82, 2.24) is 9.21 Å². The van der Waals surface area contributed by atoms with E-state index < -0.39 is 20.9 Å². The van der Waals surface area contributed by atoms with Crippen molar-refractivity contribution in [1.29, 1.82) is 0 Å². The number of hydrogen-bond donors (Lipinski definition) is 1. The number of nitro groups is 1. The first-order valence-corrected chi connectivity index (χ1v) is 9.83. The topological polar surface area (TPSA) is 127 Å². The first-order chi connectivity index (χ1) is 12.2. The van der Waals surface area contributed by atoms with Crippen molar-refractivity contribution in [3.8, 4) is 0 Å². The Morgan fingerprint density at radius 1 is 1.41 bits per heavy atom. The van der Waals surface area contributed by atoms with Gasteiger partial charge in [-0.3, -0.25) is 14.9 Å². The summed E-state index contributed by atoms with van der Waals surface area (Å²) in [4.78, 5) is 24.3. The van der Waals surface area contributed by atoms with Crippen molar-refractivity contribution in [2.75, 3.05) is 26.7 Å². The molecule has 1 aliphatic rings. The maximum absolute atomic E-state index is 12.8. The Labute approximate surface area is 165 Å². The largest absolute Gasteiger partial charge is 0.342 e. The molecule has 2 atom stereocenters. The van der Waals surface area contributed by atoms with Gasteiger partial charge in [-0.15, -0.1) is 12.4 Å². The monoisotopic (exact) mass is 420 g/mol. The highest BCUT2D eigenvalue weighted by atomic mass is 35.5. The van der Waals surface area contributed by atoms with E-state index in [0.29, 0.717) is 25.9 Å². The lowest BCUT2D eigenvalue weighted by Crippen LogP contribution is -2.49. The molecule has 2 unspecified atom stereocenters. The van der Waals surface area contributed by atoms with Crippen LogP contribution in [0.5, 0.6) is 0 Å². The number of piperidine rings is 1. The van der Waals surface area contributed by atoms with Gasteiger partial charge in [0.15, 0.2) is 0 Å². The number of nitro benzene ring substituents is 1. The zero-order valence-electron chi connectivity index (χ0n) is 15.3. The van der Waals surface area contributed by atoms with Crippen LogP contribution in [0.1, 0.15) is 19.8 Å². The van der Waals surface area contributed by atoms with Gasteiger partial charge in [-0.25, -0.2) is 8.42 Å². The van der Waals surface area contributed by atoms with Gasteiger partial charge in [0.25, 0.3) is 5.69 Å². The molecule has 0 radical (unpaired) electrons. The lowest BCUT2D eigenvalue weighted by molar-refractivity contribution is -0.384. The second-order valence-corrected chi connectivity index (χ2v) is 8.43. The van der Waals surface area contributed by atoms with Crippen molar-refractivity contribution >= 4 is 34.0 Å². The van der Waals surface area contributed by atoms with E-state index in [2.05, 4.69) is 0 Å². The fourth-order valence-corrected chi connectivity index (χ4v) is 4.44. The predicted molar refractivity (Wildman–Crippen MR) is 103 cm³/mol. The van der Waals surface area contributed by atoms with Crippen molar-refractivity contribution in [2.45, 2.75) is 30.7 Å². The molecule has 9 nitrogen and oxygen atoms in total. The minimum absolute atomic E-state index is 0. The summed E-state index contributed by atoms with van der Waals surface area (Å²) < 4.78 is 26.9. The number of benzene rings is 1. The van der Waals surface area contributed by atoms with Gasteiger partial charge in [0.1, 0.15) is 0 Å². The van der Waals surface area contributed by atoms with Crippen LogP contribution in [0.25, 0.3) is 0 Å². The molecule has 1 amide bonds. The SMILES string of the molecule is CC(CN)N(C)C(=O)C1CCCN(S(=O)(=O)c2ccc([N+](=O)[O-])cc2)C1.Cl. The Hall–Kier alpha value is -1.75. The molecule has 1 aliphatic heterocycles. The van der Waals surface area contributed by atoms with Crippen LogP contribution < -0.4 is 5.73 Å². The summed E-state index contributed by atoms with van der Waals surface area (Å²) in [6.45, 7) is 2.59. The number of likely N-dealkylation sites (N-methyl/N-ethyl adjacent to an activating group) is 1. The molecule has 0 aliphatic carbocycles. The van der Waals surface area contributed by atoms with Gasteiger partial charge in [-0.05, 0) is 31.9 Å². The number of amides is 1. The molecule has 2 rings (SSSR count). The van der Waals surface area contributed by atoms with E-state index >= 15 is 0 Å². The Morgan fingerprint density at radius 3 is 2.52 bits per heavy atom. The van der Waals surface area contributed by atoms with Gasteiger partial charge < -0.3 is 10.6 Å². The van der Waals surface area contributed by atoms with Crippen molar-refractivity contribution in [3.63, 3.8) is 0 Å². The Bertz CT molecular complexity index is 772. The number of rotatable bonds is 6. The lowest BCUT2D eigenvalue weighted by Gasteiger charge is -2.34. The number of non-ortho nitro benzene ring substituents is 1. The summed E-state index contributed by atoms with van der Waals surface area (Å²) in [5.41, 5.74) is 5.43. The summed E-state index contributed by atoms with van der Waals surface area (Å²) in [7, 11) is -2.14. The maximum atomic E-state index is 12.8. The third kappa shape index (κ3) is 5.16. The summed E-state index contributed by atoms with van der Waals surface area (Å²) >= 11 is 0. The number of carbonyl (C=O) groups is 1. The van der Waals surface area contributed by atoms with Crippen LogP contribution in [0.4, 0.5) is 5.69 Å². The van der Waals surface area contributed by atoms with E-state index in [1.165, 1.54) is 16.4 Å². The summed E-state index contributed by atoms with van der Waals surface area (Å²) in [6, 6.07) is 4.65. The molecule has 1 aromatic carbocycles. The average molecular weight is 421 g/mol. The molecule has 1 saturated heterocycles. The Balaban J connectivity index is 0.00000364. The third-order valence-electron chi connectivity index (χ3n) is 4.77. The minimum atomic E-state index is -3.81. The Morgan fingerprint density at radius 2 is 2.00 bits per heavy atom. The van der Waals surface area contributed by atoms with Crippen LogP contribution in [0, 0.1) is 16.0 Å². The van der Waals surface area contributed by atoms with Gasteiger partial charge in [-0.2, -0.15) is 4.31 Å². The molecule has 0 bridgehead atoms. The van der Waals surface area contributed by atoms with E-state index in [-0.39, 0.29) is 41.5 Å². The molecule has 27 heavy (non-hydrogen) atoms. The zero-order chi connectivity index (χ0) is 19.5. The highest BCUT2D eigenvalue weighted by Gasteiger charge is 2.35. The quantitative estimate of drug-likeness (QED) is 0.544. The van der Waals surface area contributed by atoms with Gasteiger partial charge in [0.2, 0.25) is 15.9 Å². The summed E-state index contributed by atoms with van der Waals surface area (Å²) in [5, 5.41) is 10.7. The van der Waals surface area contributed by atoms with Crippen molar-refractivity contribution < 1.29 is 18.1 Å². The molecular formula is C16H25ClN4O5S. The van der Waals surface area contributed by atoms with Crippen molar-refractivity contribution in [3.05, 3.63) is 34.4 Å². The molecule has 2 N–H and O–H groups in total. The predicted octanol–water partition coefficient (Wildman–Crippen LogP) is 1.22. The number of halogens is 1. The fraction of sp³-hybridized carbons (Fsp3) is 0.562. The number of sulfonamides is 1. The maximum Gasteiger partial charge on any atom is 0.269 e. The van der Waals surface area contributed by atoms with Crippen LogP contribution in [-0.2, 0) is 14.8 Å². The molecule has 1 aromatic rings. The lowest BCUT2D eigenvalue weighted by atomic mass is 9.97. The molecule has 152 valence electrons. The Kier molecular flexibility index (Phi) is 8.15. The zero-order valence-corrected chi connectivity index (χ0v) is 16.9. The van der Waals surface area contributed by atoms with Crippen LogP contribution in [0.3, 0.4) is 0 Å². The fourth-order valence-electron chi connectivity index (χ4n) is 2.91. The van der Waals surface area contributed by atoms with E-state index in [0.717, 1.165) is 12.1 Å².